The number of fused-ring (bicyclic) bond motifs is 9. The van der Waals surface area contributed by atoms with Gasteiger partial charge in [-0.05, 0) is 115 Å². The minimum atomic E-state index is -0.986. The van der Waals surface area contributed by atoms with Gasteiger partial charge in [-0.25, -0.2) is 0 Å². The number of hydrogen-bond donors (Lipinski definition) is 1. The minimum Gasteiger partial charge on any atom is -0.393 e. The Morgan fingerprint density at radius 1 is 0.894 bits per heavy atom. The third-order valence-electron chi connectivity index (χ3n) is 15.8. The zero-order valence-corrected chi connectivity index (χ0v) is 28.8. The SMILES string of the molecule is Cc1ccccc1[C@H]1[C@@H]2CSCN2[C@@]2(C(=O)c3cccc4cccc2c34)[C@@]12C[C@H]1[C@@H]3CC[C@H]4C[C@@H](O)CC[C@]4(C)[C@H]3CC[C@]1(C)C2=O. The molecule has 5 heteroatoms. The Kier molecular flexibility index (Phi) is 6.02. The Labute approximate surface area is 283 Å². The normalized spacial score (nSPS) is 45.1. The summed E-state index contributed by atoms with van der Waals surface area (Å²) in [6, 6.07) is 21.6. The maximum atomic E-state index is 16.3. The third-order valence-corrected chi connectivity index (χ3v) is 16.8. The molecular weight excluding hydrogens is 599 g/mol. The zero-order chi connectivity index (χ0) is 32.1. The first-order chi connectivity index (χ1) is 22.7. The Morgan fingerprint density at radius 2 is 1.70 bits per heavy atom. The predicted octanol–water partition coefficient (Wildman–Crippen LogP) is 8.28. The summed E-state index contributed by atoms with van der Waals surface area (Å²) >= 11 is 1.94. The van der Waals surface area contributed by atoms with Gasteiger partial charge in [0.25, 0.3) is 0 Å². The van der Waals surface area contributed by atoms with Gasteiger partial charge in [0, 0.05) is 34.6 Å². The number of aryl methyl sites for hydroxylation is 1. The molecule has 11 atom stereocenters. The standard InChI is InChI=1S/C42H47NO3S/c1-24-8-4-5-11-28(24)36-34-22-47-23-43(34)42(32-13-7-10-25-9-6-12-30(35(25)32)37(42)45)41(36)21-33-29-15-14-26-20-27(44)16-18-39(26,2)31(29)17-19-40(33,3)38(41)46/h4-13,26-27,29,31,33-34,36,44H,14-23H2,1-3H3/t26-,27-,29+,31-,33-,34-,36-,39-,40-,41-,42-/m0/s1. The van der Waals surface area contributed by atoms with E-state index in [1.165, 1.54) is 11.1 Å². The number of aliphatic hydroxyl groups is 1. The van der Waals surface area contributed by atoms with Crippen molar-refractivity contribution in [3.8, 4) is 0 Å². The number of thioether (sulfide) groups is 1. The molecule has 244 valence electrons. The van der Waals surface area contributed by atoms with Crippen LogP contribution in [-0.2, 0) is 10.3 Å². The molecule has 5 aliphatic carbocycles. The second-order valence-corrected chi connectivity index (χ2v) is 18.2. The molecule has 3 aromatic carbocycles. The lowest BCUT2D eigenvalue weighted by molar-refractivity contribution is -0.146. The van der Waals surface area contributed by atoms with Gasteiger partial charge in [-0.1, -0.05) is 74.5 Å². The second-order valence-electron chi connectivity index (χ2n) is 17.2. The summed E-state index contributed by atoms with van der Waals surface area (Å²) in [6.07, 6.45) is 7.91. The van der Waals surface area contributed by atoms with E-state index in [0.29, 0.717) is 23.5 Å². The van der Waals surface area contributed by atoms with Gasteiger partial charge in [0.2, 0.25) is 0 Å². The van der Waals surface area contributed by atoms with Gasteiger partial charge in [0.1, 0.15) is 11.3 Å². The van der Waals surface area contributed by atoms with Crippen molar-refractivity contribution >= 4 is 34.1 Å². The molecule has 4 nitrogen and oxygen atoms in total. The first-order valence-electron chi connectivity index (χ1n) is 18.4. The van der Waals surface area contributed by atoms with Gasteiger partial charge in [-0.15, -0.1) is 11.8 Å². The van der Waals surface area contributed by atoms with Crippen LogP contribution < -0.4 is 0 Å². The number of carbonyl (C=O) groups excluding carboxylic acids is 2. The molecule has 0 unspecified atom stereocenters. The molecule has 10 rings (SSSR count). The first kappa shape index (κ1) is 29.4. The van der Waals surface area contributed by atoms with Crippen LogP contribution in [0.1, 0.15) is 98.2 Å². The summed E-state index contributed by atoms with van der Waals surface area (Å²) in [5.41, 5.74) is 2.41. The molecule has 0 amide bonds. The van der Waals surface area contributed by atoms with Crippen molar-refractivity contribution in [3.05, 3.63) is 82.9 Å². The molecule has 7 aliphatic rings. The molecule has 47 heavy (non-hydrogen) atoms. The van der Waals surface area contributed by atoms with E-state index in [0.717, 1.165) is 84.9 Å². The van der Waals surface area contributed by atoms with E-state index in [9.17, 15) is 5.11 Å². The molecule has 0 bridgehead atoms. The van der Waals surface area contributed by atoms with Crippen LogP contribution in [0.4, 0.5) is 0 Å². The van der Waals surface area contributed by atoms with Gasteiger partial charge in [0.15, 0.2) is 5.78 Å². The van der Waals surface area contributed by atoms with Crippen LogP contribution in [-0.4, -0.2) is 45.3 Å². The zero-order valence-electron chi connectivity index (χ0n) is 28.0. The maximum Gasteiger partial charge on any atom is 0.189 e. The Balaban J connectivity index is 1.22. The molecule has 0 aromatic heterocycles. The monoisotopic (exact) mass is 645 g/mol. The van der Waals surface area contributed by atoms with Crippen LogP contribution in [0, 0.1) is 46.8 Å². The first-order valence-corrected chi connectivity index (χ1v) is 19.5. The van der Waals surface area contributed by atoms with Crippen molar-refractivity contribution in [3.63, 3.8) is 0 Å². The molecule has 6 fully saturated rings. The molecule has 4 saturated carbocycles. The smallest absolute Gasteiger partial charge is 0.189 e. The molecule has 3 aromatic rings. The van der Waals surface area contributed by atoms with Crippen molar-refractivity contribution < 1.29 is 14.7 Å². The second kappa shape index (κ2) is 9.61. The number of hydrogen-bond acceptors (Lipinski definition) is 5. The maximum absolute atomic E-state index is 16.3. The quantitative estimate of drug-likeness (QED) is 0.289. The summed E-state index contributed by atoms with van der Waals surface area (Å²) in [5, 5.41) is 12.9. The summed E-state index contributed by atoms with van der Waals surface area (Å²) in [6.45, 7) is 7.09. The topological polar surface area (TPSA) is 57.6 Å². The third kappa shape index (κ3) is 3.27. The summed E-state index contributed by atoms with van der Waals surface area (Å²) in [7, 11) is 0. The Morgan fingerprint density at radius 3 is 2.53 bits per heavy atom. The Hall–Kier alpha value is -2.47. The fourth-order valence-electron chi connectivity index (χ4n) is 13.9. The van der Waals surface area contributed by atoms with E-state index in [-0.39, 0.29) is 35.2 Å². The van der Waals surface area contributed by atoms with E-state index >= 15 is 9.59 Å². The number of nitrogens with zero attached hydrogens (tertiary/aromatic N) is 1. The summed E-state index contributed by atoms with van der Waals surface area (Å²) in [5.74, 6) is 4.19. The lowest BCUT2D eigenvalue weighted by Gasteiger charge is -2.60. The predicted molar refractivity (Wildman–Crippen MR) is 187 cm³/mol. The fourth-order valence-corrected chi connectivity index (χ4v) is 15.2. The molecule has 2 saturated heterocycles. The minimum absolute atomic E-state index is 0.0302. The van der Waals surface area contributed by atoms with Crippen LogP contribution in [0.15, 0.2) is 60.7 Å². The van der Waals surface area contributed by atoms with Crippen molar-refractivity contribution in [2.24, 2.45) is 39.9 Å². The number of aliphatic hydroxyl groups excluding tert-OH is 1. The summed E-state index contributed by atoms with van der Waals surface area (Å²) < 4.78 is 0. The lowest BCUT2D eigenvalue weighted by Crippen LogP contribution is -2.58. The fraction of sp³-hybridized carbons (Fsp3) is 0.571. The highest BCUT2D eigenvalue weighted by Crippen LogP contribution is 2.78. The van der Waals surface area contributed by atoms with E-state index in [2.05, 4.69) is 74.2 Å². The van der Waals surface area contributed by atoms with Gasteiger partial charge in [-0.3, -0.25) is 14.5 Å². The number of carbonyl (C=O) groups is 2. The van der Waals surface area contributed by atoms with Crippen LogP contribution in [0.3, 0.4) is 0 Å². The molecule has 2 heterocycles. The lowest BCUT2D eigenvalue weighted by atomic mass is 9.45. The Bertz CT molecular complexity index is 1870. The average Bonchev–Trinajstić information content (AvgIpc) is 3.77. The van der Waals surface area contributed by atoms with Crippen LogP contribution in [0.2, 0.25) is 0 Å². The molecule has 2 spiro atoms. The number of ketones is 2. The van der Waals surface area contributed by atoms with Crippen molar-refractivity contribution in [1.82, 2.24) is 4.90 Å². The van der Waals surface area contributed by atoms with E-state index in [1.807, 2.05) is 23.9 Å². The van der Waals surface area contributed by atoms with Crippen LogP contribution >= 0.6 is 11.8 Å². The number of rotatable bonds is 1. The highest BCUT2D eigenvalue weighted by atomic mass is 32.2. The van der Waals surface area contributed by atoms with Crippen LogP contribution in [0.25, 0.3) is 10.8 Å². The highest BCUT2D eigenvalue weighted by Gasteiger charge is 2.82. The number of benzene rings is 3. The van der Waals surface area contributed by atoms with Gasteiger partial charge in [0.05, 0.1) is 11.5 Å². The summed E-state index contributed by atoms with van der Waals surface area (Å²) in [4.78, 5) is 34.5. The van der Waals surface area contributed by atoms with E-state index < -0.39 is 16.4 Å². The molecule has 1 N–H and O–H groups in total. The largest absolute Gasteiger partial charge is 0.393 e. The van der Waals surface area contributed by atoms with E-state index in [4.69, 9.17) is 0 Å². The highest BCUT2D eigenvalue weighted by molar-refractivity contribution is 7.99. The van der Waals surface area contributed by atoms with Gasteiger partial charge >= 0.3 is 0 Å². The van der Waals surface area contributed by atoms with Crippen molar-refractivity contribution in [2.45, 2.75) is 95.7 Å². The molecule has 2 aliphatic heterocycles. The van der Waals surface area contributed by atoms with Crippen LogP contribution in [0.5, 0.6) is 0 Å². The molecular formula is C42H47NO3S. The van der Waals surface area contributed by atoms with Crippen molar-refractivity contribution in [1.29, 1.82) is 0 Å². The van der Waals surface area contributed by atoms with E-state index in [1.54, 1.807) is 0 Å². The average molecular weight is 646 g/mol. The number of Topliss-reactive ketones (excluding diaryl/α,β-unsaturated/α-hetero) is 2. The van der Waals surface area contributed by atoms with Gasteiger partial charge in [-0.2, -0.15) is 0 Å². The molecule has 0 radical (unpaired) electrons. The van der Waals surface area contributed by atoms with Crippen molar-refractivity contribution in [2.75, 3.05) is 11.6 Å². The van der Waals surface area contributed by atoms with Gasteiger partial charge < -0.3 is 5.11 Å².